The Balaban J connectivity index is 2.35. The van der Waals surface area contributed by atoms with Gasteiger partial charge in [0, 0.05) is 0 Å². The average Bonchev–Trinajstić information content (AvgIpc) is 2.38. The summed E-state index contributed by atoms with van der Waals surface area (Å²) in [5, 5.41) is 2.27. The Labute approximate surface area is 69.1 Å². The van der Waals surface area contributed by atoms with Crippen LogP contribution in [0.15, 0.2) is 22.1 Å². The SMILES string of the molecule is CC[O][Ti]([CH3])[C]1=CC=CC1. The topological polar surface area (TPSA) is 9.23 Å². The van der Waals surface area contributed by atoms with Crippen molar-refractivity contribution in [3.05, 3.63) is 22.1 Å². The Bertz CT molecular complexity index is 161. The van der Waals surface area contributed by atoms with Gasteiger partial charge in [0.15, 0.2) is 0 Å². The van der Waals surface area contributed by atoms with Gasteiger partial charge >= 0.3 is 68.9 Å². The van der Waals surface area contributed by atoms with E-state index in [2.05, 4.69) is 30.4 Å². The molecule has 0 saturated carbocycles. The van der Waals surface area contributed by atoms with E-state index in [-0.39, 0.29) is 0 Å². The fourth-order valence-electron chi connectivity index (χ4n) is 1.02. The van der Waals surface area contributed by atoms with E-state index in [1.165, 1.54) is 0 Å². The van der Waals surface area contributed by atoms with Crippen LogP contribution < -0.4 is 0 Å². The minimum absolute atomic E-state index is 0.878. The molecule has 1 aliphatic carbocycles. The van der Waals surface area contributed by atoms with Crippen LogP contribution in [-0.2, 0) is 21.6 Å². The number of hydrogen-bond donors (Lipinski definition) is 0. The van der Waals surface area contributed by atoms with Gasteiger partial charge in [0.25, 0.3) is 0 Å². The predicted octanol–water partition coefficient (Wildman–Crippen LogP) is 2.45. The van der Waals surface area contributed by atoms with Crippen molar-refractivity contribution in [1.82, 2.24) is 0 Å². The van der Waals surface area contributed by atoms with Gasteiger partial charge in [-0.25, -0.2) is 0 Å². The van der Waals surface area contributed by atoms with Crippen LogP contribution in [0.25, 0.3) is 0 Å². The summed E-state index contributed by atoms with van der Waals surface area (Å²) in [5.74, 6) is 0. The van der Waals surface area contributed by atoms with Gasteiger partial charge in [-0.3, -0.25) is 0 Å². The van der Waals surface area contributed by atoms with Crippen LogP contribution in [0, 0.1) is 0 Å². The fraction of sp³-hybridized carbons (Fsp3) is 0.500. The average molecular weight is 173 g/mol. The molecule has 2 heteroatoms. The standard InChI is InChI=1S/C5H5.C2H5O.CH3.Ti/c1-2-4-5-3-1;1-2-3;;/h1-3H,4H2;2H2,1H3;1H3;/q;-1;;+1. The fourth-order valence-corrected chi connectivity index (χ4v) is 3.13. The second-order valence-corrected chi connectivity index (χ2v) is 5.50. The zero-order chi connectivity index (χ0) is 7.40. The first-order valence-electron chi connectivity index (χ1n) is 3.67. The summed E-state index contributed by atoms with van der Waals surface area (Å²) >= 11 is -1.21. The molecule has 0 aromatic carbocycles. The van der Waals surface area contributed by atoms with E-state index in [0.717, 1.165) is 13.0 Å². The Morgan fingerprint density at radius 3 is 3.00 bits per heavy atom. The number of rotatable bonds is 3. The molecule has 0 N–H and O–H groups in total. The molecule has 1 aliphatic rings. The summed E-state index contributed by atoms with van der Waals surface area (Å²) in [4.78, 5) is 0. The Morgan fingerprint density at radius 2 is 2.50 bits per heavy atom. The molecule has 0 spiro atoms. The molecule has 0 bridgehead atoms. The van der Waals surface area contributed by atoms with E-state index >= 15 is 0 Å². The van der Waals surface area contributed by atoms with Crippen molar-refractivity contribution in [3.8, 4) is 0 Å². The molecule has 0 heterocycles. The molecule has 0 amide bonds. The van der Waals surface area contributed by atoms with Crippen molar-refractivity contribution < 1.29 is 21.6 Å². The van der Waals surface area contributed by atoms with Gasteiger partial charge in [-0.2, -0.15) is 0 Å². The predicted molar refractivity (Wildman–Crippen MR) is 39.3 cm³/mol. The maximum absolute atomic E-state index is 5.58. The molecular formula is C8H13OTi. The monoisotopic (exact) mass is 173 g/mol. The summed E-state index contributed by atoms with van der Waals surface area (Å²) < 4.78 is 7.14. The first-order chi connectivity index (χ1) is 4.84. The first kappa shape index (κ1) is 8.25. The van der Waals surface area contributed by atoms with Gasteiger partial charge in [0.2, 0.25) is 0 Å². The number of hydrogen-bond acceptors (Lipinski definition) is 1. The summed E-state index contributed by atoms with van der Waals surface area (Å²) in [5.41, 5.74) is 0. The van der Waals surface area contributed by atoms with Gasteiger partial charge < -0.3 is 0 Å². The molecule has 0 aromatic rings. The minimum atomic E-state index is -1.21. The number of allylic oxidation sites excluding steroid dienone is 4. The molecule has 0 fully saturated rings. The van der Waals surface area contributed by atoms with Crippen LogP contribution >= 0.6 is 0 Å². The Hall–Kier alpha value is 0.154. The van der Waals surface area contributed by atoms with E-state index in [9.17, 15) is 0 Å². The normalized spacial score (nSPS) is 15.6. The quantitative estimate of drug-likeness (QED) is 0.595. The summed E-state index contributed by atoms with van der Waals surface area (Å²) in [6.07, 6.45) is 7.69. The first-order valence-corrected chi connectivity index (χ1v) is 6.65. The zero-order valence-electron chi connectivity index (χ0n) is 6.55. The van der Waals surface area contributed by atoms with Crippen LogP contribution in [0.5, 0.6) is 0 Å². The van der Waals surface area contributed by atoms with Crippen molar-refractivity contribution >= 4 is 0 Å². The molecule has 0 aromatic heterocycles. The van der Waals surface area contributed by atoms with Crippen molar-refractivity contribution in [2.75, 3.05) is 6.61 Å². The second-order valence-electron chi connectivity index (χ2n) is 2.31. The van der Waals surface area contributed by atoms with E-state index in [1.54, 1.807) is 3.88 Å². The van der Waals surface area contributed by atoms with Crippen molar-refractivity contribution in [1.29, 1.82) is 0 Å². The molecule has 0 aliphatic heterocycles. The Morgan fingerprint density at radius 1 is 1.70 bits per heavy atom. The van der Waals surface area contributed by atoms with Crippen LogP contribution in [0.3, 0.4) is 0 Å². The third kappa shape index (κ3) is 2.08. The summed E-state index contributed by atoms with van der Waals surface area (Å²) in [6.45, 7) is 2.95. The molecule has 1 rings (SSSR count). The molecular weight excluding hydrogens is 160 g/mol. The zero-order valence-corrected chi connectivity index (χ0v) is 8.12. The van der Waals surface area contributed by atoms with Crippen molar-refractivity contribution in [2.45, 2.75) is 18.6 Å². The Kier molecular flexibility index (Phi) is 3.40. The molecule has 0 saturated heterocycles. The van der Waals surface area contributed by atoms with Crippen LogP contribution in [0.2, 0.25) is 5.23 Å². The molecule has 10 heavy (non-hydrogen) atoms. The maximum atomic E-state index is 5.58. The second kappa shape index (κ2) is 4.12. The van der Waals surface area contributed by atoms with Gasteiger partial charge in [-0.05, 0) is 0 Å². The summed E-state index contributed by atoms with van der Waals surface area (Å²) in [6, 6.07) is 0. The molecule has 0 radical (unpaired) electrons. The molecule has 0 atom stereocenters. The van der Waals surface area contributed by atoms with Crippen LogP contribution in [-0.4, -0.2) is 6.61 Å². The van der Waals surface area contributed by atoms with E-state index in [1.807, 2.05) is 0 Å². The van der Waals surface area contributed by atoms with Gasteiger partial charge in [0.1, 0.15) is 0 Å². The molecule has 55 valence electrons. The van der Waals surface area contributed by atoms with E-state index in [4.69, 9.17) is 3.32 Å². The third-order valence-electron chi connectivity index (χ3n) is 1.58. The van der Waals surface area contributed by atoms with Crippen LogP contribution in [0.4, 0.5) is 0 Å². The molecule has 1 nitrogen and oxygen atoms in total. The summed E-state index contributed by atoms with van der Waals surface area (Å²) in [7, 11) is 0. The van der Waals surface area contributed by atoms with Gasteiger partial charge in [-0.1, -0.05) is 0 Å². The van der Waals surface area contributed by atoms with Crippen molar-refractivity contribution in [2.24, 2.45) is 0 Å². The van der Waals surface area contributed by atoms with Gasteiger partial charge in [-0.15, -0.1) is 0 Å². The van der Waals surface area contributed by atoms with Crippen molar-refractivity contribution in [3.63, 3.8) is 0 Å². The van der Waals surface area contributed by atoms with E-state index in [0.29, 0.717) is 0 Å². The van der Waals surface area contributed by atoms with Crippen LogP contribution in [0.1, 0.15) is 13.3 Å². The molecule has 0 unspecified atom stereocenters. The third-order valence-corrected chi connectivity index (χ3v) is 4.70. The van der Waals surface area contributed by atoms with Gasteiger partial charge in [0.05, 0.1) is 0 Å². The van der Waals surface area contributed by atoms with E-state index < -0.39 is 18.3 Å².